The van der Waals surface area contributed by atoms with Crippen molar-refractivity contribution >= 4 is 12.0 Å². The highest BCUT2D eigenvalue weighted by atomic mass is 16.6. The Morgan fingerprint density at radius 3 is 2.58 bits per heavy atom. The van der Waals surface area contributed by atoms with Gasteiger partial charge in [0.1, 0.15) is 23.8 Å². The third-order valence-corrected chi connectivity index (χ3v) is 5.01. The van der Waals surface area contributed by atoms with Gasteiger partial charge in [-0.1, -0.05) is 0 Å². The van der Waals surface area contributed by atoms with Crippen molar-refractivity contribution in [2.45, 2.75) is 64.0 Å². The molecule has 8 heteroatoms. The number of piperidine rings is 1. The molecular formula is C18H29N5O3. The number of ether oxygens (including phenoxy) is 1. The van der Waals surface area contributed by atoms with Gasteiger partial charge in [-0.3, -0.25) is 9.69 Å². The summed E-state index contributed by atoms with van der Waals surface area (Å²) < 4.78 is 7.40. The molecule has 0 bridgehead atoms. The van der Waals surface area contributed by atoms with E-state index in [0.717, 1.165) is 31.6 Å². The molecule has 0 spiro atoms. The second-order valence-electron chi connectivity index (χ2n) is 8.26. The molecule has 3 rings (SSSR count). The van der Waals surface area contributed by atoms with Crippen LogP contribution < -0.4 is 0 Å². The van der Waals surface area contributed by atoms with Crippen LogP contribution in [0.15, 0.2) is 6.33 Å². The maximum Gasteiger partial charge on any atom is 0.410 e. The van der Waals surface area contributed by atoms with Gasteiger partial charge in [-0.2, -0.15) is 0 Å². The minimum atomic E-state index is -0.561. The summed E-state index contributed by atoms with van der Waals surface area (Å²) in [6, 6.07) is -0.414. The number of likely N-dealkylation sites (tertiary alicyclic amines) is 2. The van der Waals surface area contributed by atoms with E-state index in [1.807, 2.05) is 37.3 Å². The zero-order chi connectivity index (χ0) is 18.9. The Bertz CT molecular complexity index is 666. The van der Waals surface area contributed by atoms with Gasteiger partial charge in [0.05, 0.1) is 0 Å². The van der Waals surface area contributed by atoms with E-state index in [1.165, 1.54) is 0 Å². The van der Waals surface area contributed by atoms with Crippen molar-refractivity contribution in [3.8, 4) is 0 Å². The smallest absolute Gasteiger partial charge is 0.410 e. The fourth-order valence-electron chi connectivity index (χ4n) is 3.82. The van der Waals surface area contributed by atoms with Crippen LogP contribution in [0.3, 0.4) is 0 Å². The van der Waals surface area contributed by atoms with Gasteiger partial charge in [-0.15, -0.1) is 10.2 Å². The molecule has 8 nitrogen and oxygen atoms in total. The van der Waals surface area contributed by atoms with Gasteiger partial charge < -0.3 is 14.2 Å². The summed E-state index contributed by atoms with van der Waals surface area (Å²) in [7, 11) is 1.93. The summed E-state index contributed by atoms with van der Waals surface area (Å²) in [5, 5.41) is 8.16. The first kappa shape index (κ1) is 18.7. The highest BCUT2D eigenvalue weighted by Gasteiger charge is 2.40. The summed E-state index contributed by atoms with van der Waals surface area (Å²) >= 11 is 0. The number of nitrogens with zero attached hydrogens (tertiary/aromatic N) is 5. The monoisotopic (exact) mass is 363 g/mol. The Hall–Kier alpha value is -2.12. The number of aromatic nitrogens is 3. The maximum atomic E-state index is 13.1. The summed E-state index contributed by atoms with van der Waals surface area (Å²) in [4.78, 5) is 29.1. The van der Waals surface area contributed by atoms with E-state index in [1.54, 1.807) is 11.2 Å². The van der Waals surface area contributed by atoms with E-state index >= 15 is 0 Å². The van der Waals surface area contributed by atoms with E-state index in [9.17, 15) is 9.59 Å². The molecule has 0 aliphatic carbocycles. The average Bonchev–Trinajstić information content (AvgIpc) is 3.21. The van der Waals surface area contributed by atoms with E-state index < -0.39 is 17.7 Å². The van der Waals surface area contributed by atoms with Crippen LogP contribution in [0.2, 0.25) is 0 Å². The molecule has 2 aliphatic rings. The molecule has 3 heterocycles. The van der Waals surface area contributed by atoms with E-state index in [0.29, 0.717) is 19.5 Å². The van der Waals surface area contributed by atoms with Crippen molar-refractivity contribution in [1.29, 1.82) is 0 Å². The van der Waals surface area contributed by atoms with Gasteiger partial charge in [0, 0.05) is 32.6 Å². The van der Waals surface area contributed by atoms with Crippen LogP contribution in [0, 0.1) is 0 Å². The van der Waals surface area contributed by atoms with E-state index in [-0.39, 0.29) is 11.8 Å². The zero-order valence-corrected chi connectivity index (χ0v) is 16.1. The predicted octanol–water partition coefficient (Wildman–Crippen LogP) is 1.92. The predicted molar refractivity (Wildman–Crippen MR) is 95.5 cm³/mol. The highest BCUT2D eigenvalue weighted by Crippen LogP contribution is 2.28. The van der Waals surface area contributed by atoms with Crippen molar-refractivity contribution in [1.82, 2.24) is 24.6 Å². The number of carbonyl (C=O) groups is 2. The van der Waals surface area contributed by atoms with Crippen molar-refractivity contribution in [3.05, 3.63) is 12.2 Å². The number of hydrogen-bond acceptors (Lipinski definition) is 5. The van der Waals surface area contributed by atoms with E-state index in [4.69, 9.17) is 4.74 Å². The van der Waals surface area contributed by atoms with Gasteiger partial charge in [0.2, 0.25) is 5.91 Å². The molecule has 2 fully saturated rings. The Labute approximate surface area is 154 Å². The first-order valence-corrected chi connectivity index (χ1v) is 9.38. The first-order valence-electron chi connectivity index (χ1n) is 9.38. The largest absolute Gasteiger partial charge is 0.444 e. The topological polar surface area (TPSA) is 80.6 Å². The minimum absolute atomic E-state index is 0.0280. The van der Waals surface area contributed by atoms with Crippen LogP contribution in [0.1, 0.15) is 58.2 Å². The minimum Gasteiger partial charge on any atom is -0.444 e. The molecule has 1 aromatic rings. The third kappa shape index (κ3) is 3.99. The van der Waals surface area contributed by atoms with Gasteiger partial charge >= 0.3 is 6.09 Å². The highest BCUT2D eigenvalue weighted by molar-refractivity contribution is 5.86. The first-order chi connectivity index (χ1) is 12.3. The normalized spacial score (nSPS) is 24.0. The Kier molecular flexibility index (Phi) is 5.20. The molecule has 0 N–H and O–H groups in total. The van der Waals surface area contributed by atoms with Crippen molar-refractivity contribution < 1.29 is 14.3 Å². The number of aryl methyl sites for hydroxylation is 1. The average molecular weight is 363 g/mol. The molecule has 2 saturated heterocycles. The van der Waals surface area contributed by atoms with Crippen molar-refractivity contribution in [2.75, 3.05) is 19.6 Å². The van der Waals surface area contributed by atoms with Crippen LogP contribution in [-0.4, -0.2) is 67.8 Å². The number of carbonyl (C=O) groups excluding carboxylic acids is 2. The van der Waals surface area contributed by atoms with E-state index in [2.05, 4.69) is 10.2 Å². The SMILES string of the molecule is Cn1cnnc1C1CCCN(C(=O)[C@@H]2CCCN2C(=O)OC(C)(C)C)C1. The molecule has 1 aromatic heterocycles. The molecule has 2 atom stereocenters. The van der Waals surface area contributed by atoms with Crippen molar-refractivity contribution in [2.24, 2.45) is 7.05 Å². The van der Waals surface area contributed by atoms with Gasteiger partial charge in [-0.25, -0.2) is 4.79 Å². The lowest BCUT2D eigenvalue weighted by molar-refractivity contribution is -0.137. The molecule has 26 heavy (non-hydrogen) atoms. The lowest BCUT2D eigenvalue weighted by atomic mass is 9.96. The molecule has 2 aliphatic heterocycles. The lowest BCUT2D eigenvalue weighted by Crippen LogP contribution is -2.51. The van der Waals surface area contributed by atoms with Crippen LogP contribution in [-0.2, 0) is 16.6 Å². The molecule has 0 aromatic carbocycles. The second kappa shape index (κ2) is 7.25. The number of hydrogen-bond donors (Lipinski definition) is 0. The van der Waals surface area contributed by atoms with Crippen molar-refractivity contribution in [3.63, 3.8) is 0 Å². The molecule has 0 radical (unpaired) electrons. The second-order valence-corrected chi connectivity index (χ2v) is 8.26. The Morgan fingerprint density at radius 1 is 1.19 bits per heavy atom. The lowest BCUT2D eigenvalue weighted by Gasteiger charge is -2.36. The zero-order valence-electron chi connectivity index (χ0n) is 16.1. The fourth-order valence-corrected chi connectivity index (χ4v) is 3.82. The van der Waals surface area contributed by atoms with Crippen LogP contribution in [0.5, 0.6) is 0 Å². The maximum absolute atomic E-state index is 13.1. The molecule has 1 unspecified atom stereocenters. The Morgan fingerprint density at radius 2 is 1.92 bits per heavy atom. The standard InChI is InChI=1S/C18H29N5O3/c1-18(2,3)26-17(25)23-10-6-8-14(23)16(24)22-9-5-7-13(11-22)15-20-19-12-21(15)4/h12-14H,5-11H2,1-4H3/t13?,14-/m0/s1. The summed E-state index contributed by atoms with van der Waals surface area (Å²) in [6.45, 7) is 7.46. The van der Waals surface area contributed by atoms with Crippen LogP contribution in [0.25, 0.3) is 0 Å². The van der Waals surface area contributed by atoms with Gasteiger partial charge in [0.25, 0.3) is 0 Å². The molecule has 0 saturated carbocycles. The number of rotatable bonds is 2. The molecular weight excluding hydrogens is 334 g/mol. The molecule has 2 amide bonds. The fraction of sp³-hybridized carbons (Fsp3) is 0.778. The molecule has 144 valence electrons. The quantitative estimate of drug-likeness (QED) is 0.802. The summed E-state index contributed by atoms with van der Waals surface area (Å²) in [5.41, 5.74) is -0.561. The number of amides is 2. The van der Waals surface area contributed by atoms with Crippen LogP contribution >= 0.6 is 0 Å². The Balaban J connectivity index is 1.67. The van der Waals surface area contributed by atoms with Crippen LogP contribution in [0.4, 0.5) is 4.79 Å². The van der Waals surface area contributed by atoms with Gasteiger partial charge in [-0.05, 0) is 46.5 Å². The third-order valence-electron chi connectivity index (χ3n) is 5.01. The van der Waals surface area contributed by atoms with Gasteiger partial charge in [0.15, 0.2) is 0 Å². The summed E-state index contributed by atoms with van der Waals surface area (Å²) in [5.74, 6) is 1.13. The summed E-state index contributed by atoms with van der Waals surface area (Å²) in [6.07, 6.45) is 4.76.